The van der Waals surface area contributed by atoms with Gasteiger partial charge in [0.25, 0.3) is 5.91 Å². The lowest BCUT2D eigenvalue weighted by Crippen LogP contribution is -2.17. The maximum absolute atomic E-state index is 13.0. The van der Waals surface area contributed by atoms with Crippen LogP contribution >= 0.6 is 0 Å². The van der Waals surface area contributed by atoms with E-state index in [1.54, 1.807) is 42.5 Å². The first-order valence-corrected chi connectivity index (χ1v) is 9.18. The van der Waals surface area contributed by atoms with Crippen molar-refractivity contribution in [3.63, 3.8) is 0 Å². The first-order chi connectivity index (χ1) is 14.2. The topological polar surface area (TPSA) is 59.9 Å². The van der Waals surface area contributed by atoms with Gasteiger partial charge in [0.15, 0.2) is 0 Å². The molecule has 1 amide bonds. The summed E-state index contributed by atoms with van der Waals surface area (Å²) in [5.74, 6) is 0.703. The SMILES string of the molecule is CCOc1ccc(C(=O)N/N=C/c2ccccc2OCc2ccc(F)cc2)cc1. The molecule has 0 spiro atoms. The molecule has 29 heavy (non-hydrogen) atoms. The summed E-state index contributed by atoms with van der Waals surface area (Å²) in [5, 5.41) is 4.02. The summed E-state index contributed by atoms with van der Waals surface area (Å²) < 4.78 is 24.2. The number of halogens is 1. The average molecular weight is 392 g/mol. The van der Waals surface area contributed by atoms with Crippen LogP contribution in [0.2, 0.25) is 0 Å². The molecule has 3 rings (SSSR count). The van der Waals surface area contributed by atoms with Crippen LogP contribution in [0, 0.1) is 5.82 Å². The predicted octanol–water partition coefficient (Wildman–Crippen LogP) is 4.57. The summed E-state index contributed by atoms with van der Waals surface area (Å²) in [4.78, 5) is 12.2. The summed E-state index contributed by atoms with van der Waals surface area (Å²) in [7, 11) is 0. The Balaban J connectivity index is 1.60. The third-order valence-electron chi connectivity index (χ3n) is 4.02. The van der Waals surface area contributed by atoms with Crippen LogP contribution in [-0.2, 0) is 6.61 Å². The van der Waals surface area contributed by atoms with Crippen LogP contribution in [0.3, 0.4) is 0 Å². The molecule has 0 saturated carbocycles. The second kappa shape index (κ2) is 10.0. The van der Waals surface area contributed by atoms with Crippen molar-refractivity contribution in [3.05, 3.63) is 95.3 Å². The Hall–Kier alpha value is -3.67. The number of ether oxygens (including phenoxy) is 2. The lowest BCUT2D eigenvalue weighted by Gasteiger charge is -2.09. The minimum Gasteiger partial charge on any atom is -0.494 e. The van der Waals surface area contributed by atoms with Gasteiger partial charge < -0.3 is 9.47 Å². The molecule has 148 valence electrons. The van der Waals surface area contributed by atoms with Gasteiger partial charge in [0.2, 0.25) is 0 Å². The smallest absolute Gasteiger partial charge is 0.271 e. The molecule has 0 bridgehead atoms. The van der Waals surface area contributed by atoms with E-state index in [1.807, 2.05) is 25.1 Å². The Morgan fingerprint density at radius 3 is 2.45 bits per heavy atom. The van der Waals surface area contributed by atoms with Gasteiger partial charge in [0, 0.05) is 11.1 Å². The maximum Gasteiger partial charge on any atom is 0.271 e. The maximum atomic E-state index is 13.0. The normalized spacial score (nSPS) is 10.7. The highest BCUT2D eigenvalue weighted by Crippen LogP contribution is 2.18. The van der Waals surface area contributed by atoms with Crippen molar-refractivity contribution in [2.75, 3.05) is 6.61 Å². The number of amides is 1. The molecule has 6 heteroatoms. The quantitative estimate of drug-likeness (QED) is 0.451. The summed E-state index contributed by atoms with van der Waals surface area (Å²) in [5.41, 5.74) is 4.54. The molecule has 0 atom stereocenters. The molecule has 0 heterocycles. The molecule has 0 aliphatic rings. The van der Waals surface area contributed by atoms with Crippen molar-refractivity contribution >= 4 is 12.1 Å². The Labute approximate surface area is 168 Å². The third kappa shape index (κ3) is 5.90. The molecular formula is C23H21FN2O3. The minimum absolute atomic E-state index is 0.287. The highest BCUT2D eigenvalue weighted by molar-refractivity contribution is 5.95. The van der Waals surface area contributed by atoms with Crippen LogP contribution in [0.5, 0.6) is 11.5 Å². The Kier molecular flexibility index (Phi) is 6.95. The lowest BCUT2D eigenvalue weighted by molar-refractivity contribution is 0.0955. The summed E-state index contributed by atoms with van der Waals surface area (Å²) in [6.45, 7) is 2.76. The number of hydrogen-bond acceptors (Lipinski definition) is 4. The molecule has 0 aliphatic heterocycles. The van der Waals surface area contributed by atoms with Crippen molar-refractivity contribution in [2.24, 2.45) is 5.10 Å². The van der Waals surface area contributed by atoms with E-state index >= 15 is 0 Å². The number of para-hydroxylation sites is 1. The third-order valence-corrected chi connectivity index (χ3v) is 4.02. The monoisotopic (exact) mass is 392 g/mol. The fourth-order valence-electron chi connectivity index (χ4n) is 2.55. The van der Waals surface area contributed by atoms with E-state index in [1.165, 1.54) is 18.3 Å². The highest BCUT2D eigenvalue weighted by atomic mass is 19.1. The number of benzene rings is 3. The van der Waals surface area contributed by atoms with E-state index in [0.29, 0.717) is 35.8 Å². The van der Waals surface area contributed by atoms with Gasteiger partial charge in [-0.1, -0.05) is 24.3 Å². The van der Waals surface area contributed by atoms with E-state index in [9.17, 15) is 9.18 Å². The molecule has 0 fully saturated rings. The minimum atomic E-state index is -0.325. The molecule has 3 aromatic carbocycles. The zero-order valence-electron chi connectivity index (χ0n) is 16.0. The van der Waals surface area contributed by atoms with E-state index < -0.39 is 0 Å². The van der Waals surface area contributed by atoms with Gasteiger partial charge in [-0.2, -0.15) is 5.10 Å². The Morgan fingerprint density at radius 1 is 1.00 bits per heavy atom. The van der Waals surface area contributed by atoms with Gasteiger partial charge in [-0.05, 0) is 61.0 Å². The van der Waals surface area contributed by atoms with Crippen molar-refractivity contribution in [1.29, 1.82) is 0 Å². The summed E-state index contributed by atoms with van der Waals surface area (Å²) in [6.07, 6.45) is 1.52. The van der Waals surface area contributed by atoms with Gasteiger partial charge >= 0.3 is 0 Å². The number of nitrogens with zero attached hydrogens (tertiary/aromatic N) is 1. The van der Waals surface area contributed by atoms with Crippen molar-refractivity contribution in [1.82, 2.24) is 5.43 Å². The first-order valence-electron chi connectivity index (χ1n) is 9.18. The standard InChI is InChI=1S/C23H21FN2O3/c1-2-28-21-13-9-18(10-14-21)23(27)26-25-15-19-5-3-4-6-22(19)29-16-17-7-11-20(24)12-8-17/h3-15H,2,16H2,1H3,(H,26,27)/b25-15+. The average Bonchev–Trinajstić information content (AvgIpc) is 2.75. The Morgan fingerprint density at radius 2 is 1.72 bits per heavy atom. The molecule has 0 radical (unpaired) electrons. The zero-order chi connectivity index (χ0) is 20.5. The molecule has 3 aromatic rings. The zero-order valence-corrected chi connectivity index (χ0v) is 16.0. The number of rotatable bonds is 8. The van der Waals surface area contributed by atoms with Crippen LogP contribution in [0.25, 0.3) is 0 Å². The fraction of sp³-hybridized carbons (Fsp3) is 0.130. The van der Waals surface area contributed by atoms with Crippen LogP contribution in [0.4, 0.5) is 4.39 Å². The largest absolute Gasteiger partial charge is 0.494 e. The van der Waals surface area contributed by atoms with Crippen molar-refractivity contribution < 1.29 is 18.7 Å². The highest BCUT2D eigenvalue weighted by Gasteiger charge is 2.05. The van der Waals surface area contributed by atoms with Crippen LogP contribution in [-0.4, -0.2) is 18.7 Å². The summed E-state index contributed by atoms with van der Waals surface area (Å²) in [6, 6.07) is 20.3. The number of carbonyl (C=O) groups is 1. The second-order valence-electron chi connectivity index (χ2n) is 6.11. The van der Waals surface area contributed by atoms with Crippen molar-refractivity contribution in [3.8, 4) is 11.5 Å². The van der Waals surface area contributed by atoms with E-state index in [4.69, 9.17) is 9.47 Å². The Bertz CT molecular complexity index is 970. The molecule has 0 unspecified atom stereocenters. The van der Waals surface area contributed by atoms with E-state index in [-0.39, 0.29) is 11.7 Å². The second-order valence-corrected chi connectivity index (χ2v) is 6.11. The van der Waals surface area contributed by atoms with Crippen LogP contribution in [0.15, 0.2) is 77.9 Å². The van der Waals surface area contributed by atoms with E-state index in [2.05, 4.69) is 10.5 Å². The van der Waals surface area contributed by atoms with Gasteiger partial charge in [0.1, 0.15) is 23.9 Å². The fourth-order valence-corrected chi connectivity index (χ4v) is 2.55. The van der Waals surface area contributed by atoms with Gasteiger partial charge in [-0.15, -0.1) is 0 Å². The van der Waals surface area contributed by atoms with E-state index in [0.717, 1.165) is 5.56 Å². The molecule has 0 saturated heterocycles. The van der Waals surface area contributed by atoms with Crippen LogP contribution in [0.1, 0.15) is 28.4 Å². The number of nitrogens with one attached hydrogen (secondary N) is 1. The van der Waals surface area contributed by atoms with Gasteiger partial charge in [-0.3, -0.25) is 4.79 Å². The molecule has 1 N–H and O–H groups in total. The lowest BCUT2D eigenvalue weighted by atomic mass is 10.2. The number of hydrogen-bond donors (Lipinski definition) is 1. The molecule has 0 aliphatic carbocycles. The number of hydrazone groups is 1. The summed E-state index contributed by atoms with van der Waals surface area (Å²) >= 11 is 0. The molecule has 5 nitrogen and oxygen atoms in total. The van der Waals surface area contributed by atoms with Gasteiger partial charge in [0.05, 0.1) is 12.8 Å². The molecule has 0 aromatic heterocycles. The first kappa shape index (κ1) is 20.1. The molecular weight excluding hydrogens is 371 g/mol. The van der Waals surface area contributed by atoms with Crippen LogP contribution < -0.4 is 14.9 Å². The predicted molar refractivity (Wildman–Crippen MR) is 110 cm³/mol. The van der Waals surface area contributed by atoms with Gasteiger partial charge in [-0.25, -0.2) is 9.82 Å². The van der Waals surface area contributed by atoms with Crippen molar-refractivity contribution in [2.45, 2.75) is 13.5 Å². The number of carbonyl (C=O) groups excluding carboxylic acids is 1.